The van der Waals surface area contributed by atoms with Crippen LogP contribution < -0.4 is 10.1 Å². The Morgan fingerprint density at radius 3 is 2.45 bits per heavy atom. The first-order valence-corrected chi connectivity index (χ1v) is 11.2. The van der Waals surface area contributed by atoms with Crippen LogP contribution in [-0.2, 0) is 16.1 Å². The van der Waals surface area contributed by atoms with E-state index in [0.717, 1.165) is 23.1 Å². The number of rotatable bonds is 10. The van der Waals surface area contributed by atoms with Crippen LogP contribution in [0.5, 0.6) is 5.75 Å². The van der Waals surface area contributed by atoms with Gasteiger partial charge in [-0.2, -0.15) is 0 Å². The van der Waals surface area contributed by atoms with E-state index in [-0.39, 0.29) is 25.0 Å². The molecule has 0 saturated heterocycles. The molecule has 0 aromatic heterocycles. The van der Waals surface area contributed by atoms with Gasteiger partial charge < -0.3 is 15.0 Å². The molecule has 1 atom stereocenters. The number of hydrogen-bond acceptors (Lipinski definition) is 3. The molecule has 1 N–H and O–H groups in total. The van der Waals surface area contributed by atoms with Crippen molar-refractivity contribution in [3.05, 3.63) is 63.1 Å². The van der Waals surface area contributed by atoms with Gasteiger partial charge in [0.05, 0.1) is 10.0 Å². The summed E-state index contributed by atoms with van der Waals surface area (Å²) < 4.78 is 5.83. The van der Waals surface area contributed by atoms with E-state index in [0.29, 0.717) is 28.8 Å². The molecule has 2 amide bonds. The SMILES string of the molecule is CCCNC(=O)C(CC)N(Cc1ccc(Cl)c(Cl)c1)C(=O)COc1cc(C)ccc1C. The number of benzene rings is 2. The second-order valence-electron chi connectivity index (χ2n) is 7.54. The van der Waals surface area contributed by atoms with Crippen LogP contribution in [0.25, 0.3) is 0 Å². The molecule has 0 bridgehead atoms. The van der Waals surface area contributed by atoms with Crippen molar-refractivity contribution >= 4 is 35.0 Å². The van der Waals surface area contributed by atoms with Crippen molar-refractivity contribution < 1.29 is 14.3 Å². The first-order chi connectivity index (χ1) is 14.8. The molecule has 5 nitrogen and oxygen atoms in total. The van der Waals surface area contributed by atoms with Crippen LogP contribution in [0.2, 0.25) is 10.0 Å². The number of nitrogens with zero attached hydrogens (tertiary/aromatic N) is 1. The second-order valence-corrected chi connectivity index (χ2v) is 8.36. The summed E-state index contributed by atoms with van der Waals surface area (Å²) in [4.78, 5) is 27.5. The van der Waals surface area contributed by atoms with Crippen molar-refractivity contribution in [1.29, 1.82) is 0 Å². The zero-order valence-corrected chi connectivity index (χ0v) is 20.0. The molecular formula is C24H30Cl2N2O3. The quantitative estimate of drug-likeness (QED) is 0.517. The third-order valence-electron chi connectivity index (χ3n) is 4.97. The van der Waals surface area contributed by atoms with Crippen LogP contribution >= 0.6 is 23.2 Å². The molecule has 0 heterocycles. The van der Waals surface area contributed by atoms with Gasteiger partial charge >= 0.3 is 0 Å². The van der Waals surface area contributed by atoms with Gasteiger partial charge in [-0.25, -0.2) is 0 Å². The number of carbonyl (C=O) groups excluding carboxylic acids is 2. The van der Waals surface area contributed by atoms with Gasteiger partial charge in [-0.15, -0.1) is 0 Å². The summed E-state index contributed by atoms with van der Waals surface area (Å²) in [6.07, 6.45) is 1.30. The number of aryl methyl sites for hydroxylation is 2. The Bertz CT molecular complexity index is 918. The molecule has 0 aliphatic carbocycles. The zero-order valence-electron chi connectivity index (χ0n) is 18.5. The fourth-order valence-corrected chi connectivity index (χ4v) is 3.53. The van der Waals surface area contributed by atoms with Crippen LogP contribution in [0.15, 0.2) is 36.4 Å². The van der Waals surface area contributed by atoms with Crippen LogP contribution in [0.3, 0.4) is 0 Å². The fraction of sp³-hybridized carbons (Fsp3) is 0.417. The normalized spacial score (nSPS) is 11.7. The van der Waals surface area contributed by atoms with E-state index in [1.54, 1.807) is 23.1 Å². The molecule has 1 unspecified atom stereocenters. The lowest BCUT2D eigenvalue weighted by Crippen LogP contribution is -2.50. The lowest BCUT2D eigenvalue weighted by Gasteiger charge is -2.30. The molecular weight excluding hydrogens is 435 g/mol. The minimum absolute atomic E-state index is 0.164. The second kappa shape index (κ2) is 12.0. The van der Waals surface area contributed by atoms with E-state index in [1.165, 1.54) is 0 Å². The third-order valence-corrected chi connectivity index (χ3v) is 5.71. The largest absolute Gasteiger partial charge is 0.483 e. The molecule has 0 fully saturated rings. The molecule has 7 heteroatoms. The first-order valence-electron chi connectivity index (χ1n) is 10.5. The number of carbonyl (C=O) groups is 2. The summed E-state index contributed by atoms with van der Waals surface area (Å²) in [5.41, 5.74) is 2.78. The number of halogens is 2. The van der Waals surface area contributed by atoms with E-state index >= 15 is 0 Å². The molecule has 0 radical (unpaired) electrons. The van der Waals surface area contributed by atoms with Gasteiger partial charge in [0, 0.05) is 13.1 Å². The maximum atomic E-state index is 13.2. The van der Waals surface area contributed by atoms with Gasteiger partial charge in [0.2, 0.25) is 5.91 Å². The average Bonchev–Trinajstić information content (AvgIpc) is 2.74. The van der Waals surface area contributed by atoms with Crippen molar-refractivity contribution in [3.63, 3.8) is 0 Å². The van der Waals surface area contributed by atoms with Gasteiger partial charge in [0.25, 0.3) is 5.91 Å². The fourth-order valence-electron chi connectivity index (χ4n) is 3.21. The van der Waals surface area contributed by atoms with Crippen molar-refractivity contribution in [2.24, 2.45) is 0 Å². The summed E-state index contributed by atoms with van der Waals surface area (Å²) in [6, 6.07) is 10.4. The molecule has 0 spiro atoms. The Balaban J connectivity index is 2.25. The van der Waals surface area contributed by atoms with Gasteiger partial charge in [0.1, 0.15) is 11.8 Å². The predicted molar refractivity (Wildman–Crippen MR) is 126 cm³/mol. The van der Waals surface area contributed by atoms with Crippen molar-refractivity contribution in [2.45, 2.75) is 53.1 Å². The predicted octanol–water partition coefficient (Wildman–Crippen LogP) is 5.32. The molecule has 2 aromatic rings. The van der Waals surface area contributed by atoms with Crippen molar-refractivity contribution in [2.75, 3.05) is 13.2 Å². The van der Waals surface area contributed by atoms with Crippen LogP contribution in [0.4, 0.5) is 0 Å². The zero-order chi connectivity index (χ0) is 23.0. The highest BCUT2D eigenvalue weighted by Gasteiger charge is 2.29. The number of ether oxygens (including phenoxy) is 1. The highest BCUT2D eigenvalue weighted by Crippen LogP contribution is 2.24. The molecule has 31 heavy (non-hydrogen) atoms. The summed E-state index contributed by atoms with van der Waals surface area (Å²) in [5.74, 6) is 0.210. The van der Waals surface area contributed by atoms with Crippen molar-refractivity contribution in [3.8, 4) is 5.75 Å². The monoisotopic (exact) mass is 464 g/mol. The summed E-state index contributed by atoms with van der Waals surface area (Å²) in [6.45, 7) is 8.39. The number of amides is 2. The standard InChI is InChI=1S/C24H30Cl2N2O3/c1-5-11-27-24(30)21(6-2)28(14-18-9-10-19(25)20(26)13-18)23(29)15-31-22-12-16(3)7-8-17(22)4/h7-10,12-13,21H,5-6,11,14-15H2,1-4H3,(H,27,30). The highest BCUT2D eigenvalue weighted by molar-refractivity contribution is 6.42. The topological polar surface area (TPSA) is 58.6 Å². The van der Waals surface area contributed by atoms with E-state index in [2.05, 4.69) is 5.32 Å². The lowest BCUT2D eigenvalue weighted by molar-refractivity contribution is -0.143. The summed E-state index contributed by atoms with van der Waals surface area (Å²) in [5, 5.41) is 3.74. The molecule has 0 aliphatic rings. The number of hydrogen-bond donors (Lipinski definition) is 1. The Hall–Kier alpha value is -2.24. The maximum absolute atomic E-state index is 13.2. The minimum atomic E-state index is -0.615. The van der Waals surface area contributed by atoms with Crippen LogP contribution in [0, 0.1) is 13.8 Å². The Labute approximate surface area is 194 Å². The Morgan fingerprint density at radius 1 is 1.06 bits per heavy atom. The van der Waals surface area contributed by atoms with Crippen LogP contribution in [0.1, 0.15) is 43.4 Å². The number of nitrogens with one attached hydrogen (secondary N) is 1. The molecule has 2 aromatic carbocycles. The maximum Gasteiger partial charge on any atom is 0.261 e. The average molecular weight is 465 g/mol. The molecule has 2 rings (SSSR count). The molecule has 0 aliphatic heterocycles. The van der Waals surface area contributed by atoms with Gasteiger partial charge in [-0.05, 0) is 61.6 Å². The first kappa shape index (κ1) is 25.0. The third kappa shape index (κ3) is 7.15. The van der Waals surface area contributed by atoms with E-state index in [9.17, 15) is 9.59 Å². The van der Waals surface area contributed by atoms with Crippen LogP contribution in [-0.4, -0.2) is 35.9 Å². The highest BCUT2D eigenvalue weighted by atomic mass is 35.5. The van der Waals surface area contributed by atoms with E-state index in [4.69, 9.17) is 27.9 Å². The molecule has 0 saturated carbocycles. The Kier molecular flexibility index (Phi) is 9.66. The van der Waals surface area contributed by atoms with Gasteiger partial charge in [-0.3, -0.25) is 9.59 Å². The smallest absolute Gasteiger partial charge is 0.261 e. The van der Waals surface area contributed by atoms with Gasteiger partial charge in [-0.1, -0.05) is 55.2 Å². The minimum Gasteiger partial charge on any atom is -0.483 e. The Morgan fingerprint density at radius 2 is 1.81 bits per heavy atom. The van der Waals surface area contributed by atoms with Gasteiger partial charge in [0.15, 0.2) is 6.61 Å². The van der Waals surface area contributed by atoms with E-state index in [1.807, 2.05) is 45.9 Å². The lowest BCUT2D eigenvalue weighted by atomic mass is 10.1. The van der Waals surface area contributed by atoms with Crippen molar-refractivity contribution in [1.82, 2.24) is 10.2 Å². The summed E-state index contributed by atoms with van der Waals surface area (Å²) in [7, 11) is 0. The summed E-state index contributed by atoms with van der Waals surface area (Å²) >= 11 is 12.2. The van der Waals surface area contributed by atoms with E-state index < -0.39 is 6.04 Å². The molecule has 168 valence electrons.